The van der Waals surface area contributed by atoms with Crippen molar-refractivity contribution in [3.05, 3.63) is 45.3 Å². The van der Waals surface area contributed by atoms with Crippen LogP contribution in [0.1, 0.15) is 56.5 Å². The van der Waals surface area contributed by atoms with Gasteiger partial charge in [-0.3, -0.25) is 18.9 Å². The van der Waals surface area contributed by atoms with E-state index in [0.29, 0.717) is 35.8 Å². The van der Waals surface area contributed by atoms with E-state index in [-0.39, 0.29) is 22.5 Å². The van der Waals surface area contributed by atoms with Gasteiger partial charge in [0, 0.05) is 41.9 Å². The topological polar surface area (TPSA) is 139 Å². The summed E-state index contributed by atoms with van der Waals surface area (Å²) in [5, 5.41) is 5.52. The molecule has 13 heteroatoms. The highest BCUT2D eigenvalue weighted by molar-refractivity contribution is 8.01. The fourth-order valence-electron chi connectivity index (χ4n) is 3.68. The minimum Gasteiger partial charge on any atom is -0.356 e. The van der Waals surface area contributed by atoms with Crippen LogP contribution in [0.5, 0.6) is 0 Å². The Morgan fingerprint density at radius 2 is 1.82 bits per heavy atom. The van der Waals surface area contributed by atoms with Gasteiger partial charge in [-0.15, -0.1) is 23.1 Å². The summed E-state index contributed by atoms with van der Waals surface area (Å²) < 4.78 is 30.9. The number of nitrogens with one attached hydrogen (secondary N) is 3. The fraction of sp³-hybridized carbons (Fsp3) is 0.440. The Hall–Kier alpha value is -2.90. The molecule has 3 N–H and O–H groups in total. The number of aromatic nitrogens is 2. The molecule has 0 unspecified atom stereocenters. The number of thioether (sulfide) groups is 1. The van der Waals surface area contributed by atoms with Crippen molar-refractivity contribution >= 4 is 56.4 Å². The Morgan fingerprint density at radius 3 is 2.47 bits per heavy atom. The van der Waals surface area contributed by atoms with Crippen LogP contribution in [0, 0.1) is 13.8 Å². The molecule has 0 saturated heterocycles. The van der Waals surface area contributed by atoms with E-state index in [9.17, 15) is 22.8 Å². The van der Waals surface area contributed by atoms with Crippen LogP contribution in [-0.2, 0) is 19.6 Å². The van der Waals surface area contributed by atoms with Crippen LogP contribution in [0.2, 0.25) is 0 Å². The first kappa shape index (κ1) is 29.7. The molecule has 0 radical (unpaired) electrons. The maximum Gasteiger partial charge on any atom is 0.354 e. The third-order valence-electron chi connectivity index (χ3n) is 5.73. The summed E-state index contributed by atoms with van der Waals surface area (Å²) in [5.41, 5.74) is 1.01. The molecule has 0 aromatic heterocycles. The lowest BCUT2D eigenvalue weighted by Crippen LogP contribution is -2.24. The van der Waals surface area contributed by atoms with Gasteiger partial charge < -0.3 is 10.6 Å². The Bertz CT molecular complexity index is 1410. The predicted octanol–water partition coefficient (Wildman–Crippen LogP) is 4.29. The lowest BCUT2D eigenvalue weighted by Gasteiger charge is -2.16. The standard InChI is InChI=1S/C25H33N5O5S3/c1-5-6-7-9-21(32)26-14-8-15-36-24-22-23(28-25(33)30(22)16(2)17(3)37-24)29-38(34,35)20-12-10-19(11-13-20)27-18(4)31/h10-13H,5-9,14-15H2,1-4H3,(H,26,32)(H,27,31)(H,28,29,33). The molecule has 1 aromatic carbocycles. The third-order valence-corrected chi connectivity index (χ3v) is 9.62. The van der Waals surface area contributed by atoms with Crippen LogP contribution in [0.4, 0.5) is 11.5 Å². The highest BCUT2D eigenvalue weighted by Gasteiger charge is 2.27. The SMILES string of the molecule is CCCCCC(=O)NCCCSc1sc(C)c(C)n2c(=O)nc(NS(=O)(=O)c3ccc(NC(C)=O)cc3)c1-2. The first-order valence-corrected chi connectivity index (χ1v) is 15.6. The van der Waals surface area contributed by atoms with E-state index in [0.717, 1.165) is 34.8 Å². The maximum absolute atomic E-state index is 13.1. The lowest BCUT2D eigenvalue weighted by atomic mass is 10.2. The van der Waals surface area contributed by atoms with Crippen LogP contribution >= 0.6 is 23.1 Å². The first-order valence-electron chi connectivity index (χ1n) is 12.4. The van der Waals surface area contributed by atoms with Gasteiger partial charge in [-0.1, -0.05) is 19.8 Å². The van der Waals surface area contributed by atoms with E-state index < -0.39 is 15.7 Å². The maximum atomic E-state index is 13.1. The van der Waals surface area contributed by atoms with Crippen LogP contribution in [0.3, 0.4) is 0 Å². The van der Waals surface area contributed by atoms with Gasteiger partial charge >= 0.3 is 5.69 Å². The molecule has 2 aliphatic heterocycles. The Balaban J connectivity index is 1.77. The highest BCUT2D eigenvalue weighted by atomic mass is 32.2. The molecule has 0 saturated carbocycles. The quantitative estimate of drug-likeness (QED) is 0.203. The summed E-state index contributed by atoms with van der Waals surface area (Å²) in [5.74, 6) is 0.415. The van der Waals surface area contributed by atoms with Gasteiger partial charge in [0.15, 0.2) is 5.82 Å². The fourth-order valence-corrected chi connectivity index (χ4v) is 7.15. The molecular weight excluding hydrogens is 547 g/mol. The molecule has 0 spiro atoms. The van der Waals surface area contributed by atoms with E-state index >= 15 is 0 Å². The van der Waals surface area contributed by atoms with Gasteiger partial charge in [-0.25, -0.2) is 13.2 Å². The average molecular weight is 580 g/mol. The number of anilines is 2. The van der Waals surface area contributed by atoms with Crippen LogP contribution in [-0.4, -0.2) is 42.1 Å². The number of benzene rings is 1. The van der Waals surface area contributed by atoms with Crippen molar-refractivity contribution in [2.24, 2.45) is 0 Å². The van der Waals surface area contributed by atoms with Crippen LogP contribution in [0.15, 0.2) is 38.2 Å². The van der Waals surface area contributed by atoms with Crippen molar-refractivity contribution in [3.63, 3.8) is 0 Å². The van der Waals surface area contributed by atoms with Gasteiger partial charge in [0.05, 0.1) is 9.10 Å². The van der Waals surface area contributed by atoms with Crippen molar-refractivity contribution < 1.29 is 18.0 Å². The van der Waals surface area contributed by atoms with Gasteiger partial charge in [-0.05, 0) is 51.0 Å². The zero-order chi connectivity index (χ0) is 27.9. The molecule has 206 valence electrons. The Labute approximate surface area is 231 Å². The van der Waals surface area contributed by atoms with E-state index in [1.807, 2.05) is 6.92 Å². The van der Waals surface area contributed by atoms with Crippen molar-refractivity contribution in [2.45, 2.75) is 68.9 Å². The molecule has 0 bridgehead atoms. The predicted molar refractivity (Wildman–Crippen MR) is 152 cm³/mol. The number of fused-ring (bicyclic) bond motifs is 1. The molecule has 2 amide bonds. The minimum atomic E-state index is -4.05. The summed E-state index contributed by atoms with van der Waals surface area (Å²) in [4.78, 5) is 40.8. The smallest absolute Gasteiger partial charge is 0.354 e. The van der Waals surface area contributed by atoms with Gasteiger partial charge in [-0.2, -0.15) is 4.98 Å². The van der Waals surface area contributed by atoms with Crippen molar-refractivity contribution in [1.29, 1.82) is 0 Å². The lowest BCUT2D eigenvalue weighted by molar-refractivity contribution is -0.121. The summed E-state index contributed by atoms with van der Waals surface area (Å²) in [7, 11) is -4.05. The van der Waals surface area contributed by atoms with Crippen LogP contribution < -0.4 is 21.0 Å². The van der Waals surface area contributed by atoms with Gasteiger partial charge in [0.2, 0.25) is 11.8 Å². The second kappa shape index (κ2) is 13.3. The molecular formula is C25H33N5O5S3. The normalized spacial score (nSPS) is 11.5. The number of sulfonamides is 1. The summed E-state index contributed by atoms with van der Waals surface area (Å²) >= 11 is 2.96. The molecule has 2 aliphatic rings. The average Bonchev–Trinajstić information content (AvgIpc) is 3.17. The van der Waals surface area contributed by atoms with E-state index in [2.05, 4.69) is 27.3 Å². The summed E-state index contributed by atoms with van der Waals surface area (Å²) in [6.07, 6.45) is 4.24. The number of imidazole rings is 1. The number of hydrogen-bond donors (Lipinski definition) is 3. The molecule has 38 heavy (non-hydrogen) atoms. The van der Waals surface area contributed by atoms with Crippen molar-refractivity contribution in [2.75, 3.05) is 22.3 Å². The molecule has 2 heterocycles. The second-order valence-corrected chi connectivity index (χ2v) is 13.0. The zero-order valence-electron chi connectivity index (χ0n) is 21.9. The second-order valence-electron chi connectivity index (χ2n) is 8.78. The molecule has 0 atom stereocenters. The number of rotatable bonds is 13. The first-order chi connectivity index (χ1) is 18.0. The van der Waals surface area contributed by atoms with E-state index in [1.54, 1.807) is 6.92 Å². The Kier molecular flexibility index (Phi) is 10.3. The summed E-state index contributed by atoms with van der Waals surface area (Å²) in [6.45, 7) is 7.70. The number of carbonyl (C=O) groups excluding carboxylic acids is 2. The number of unbranched alkanes of at least 4 members (excludes halogenated alkanes) is 2. The van der Waals surface area contributed by atoms with E-state index in [1.165, 1.54) is 58.9 Å². The molecule has 0 aliphatic carbocycles. The van der Waals surface area contributed by atoms with Crippen molar-refractivity contribution in [1.82, 2.24) is 14.9 Å². The minimum absolute atomic E-state index is 0.0309. The molecule has 0 fully saturated rings. The largest absolute Gasteiger partial charge is 0.356 e. The number of hydrogen-bond acceptors (Lipinski definition) is 8. The van der Waals surface area contributed by atoms with Gasteiger partial charge in [0.25, 0.3) is 10.0 Å². The molecule has 1 aromatic rings. The number of nitrogens with zero attached hydrogens (tertiary/aromatic N) is 2. The third kappa shape index (κ3) is 7.58. The molecule has 3 rings (SSSR count). The number of amides is 2. The molecule has 10 nitrogen and oxygen atoms in total. The van der Waals surface area contributed by atoms with Crippen LogP contribution in [0.25, 0.3) is 5.69 Å². The van der Waals surface area contributed by atoms with E-state index in [4.69, 9.17) is 0 Å². The number of carbonyl (C=O) groups is 2. The highest BCUT2D eigenvalue weighted by Crippen LogP contribution is 2.38. The Morgan fingerprint density at radius 1 is 1.11 bits per heavy atom. The summed E-state index contributed by atoms with van der Waals surface area (Å²) in [6, 6.07) is 5.71. The monoisotopic (exact) mass is 579 g/mol. The number of aryl methyl sites for hydroxylation is 1. The van der Waals surface area contributed by atoms with Gasteiger partial charge in [0.1, 0.15) is 5.69 Å². The zero-order valence-corrected chi connectivity index (χ0v) is 24.4. The van der Waals surface area contributed by atoms with Crippen molar-refractivity contribution in [3.8, 4) is 5.69 Å².